The van der Waals surface area contributed by atoms with Crippen LogP contribution in [0, 0.1) is 11.8 Å². The largest absolute Gasteiger partial charge is 0.506 e. The van der Waals surface area contributed by atoms with Crippen LogP contribution in [0.25, 0.3) is 0 Å². The number of likely N-dealkylation sites (tertiary alicyclic amines) is 3. The van der Waals surface area contributed by atoms with Crippen molar-refractivity contribution in [1.29, 1.82) is 0 Å². The second-order valence-corrected chi connectivity index (χ2v) is 16.5. The Hall–Kier alpha value is -3.36. The van der Waals surface area contributed by atoms with E-state index >= 15 is 0 Å². The molecule has 4 aliphatic heterocycles. The Morgan fingerprint density at radius 1 is 0.889 bits per heavy atom. The molecule has 14 heteroatoms. The number of hydrogen-bond donors (Lipinski definition) is 2. The van der Waals surface area contributed by atoms with Gasteiger partial charge in [-0.25, -0.2) is 9.59 Å². The van der Waals surface area contributed by atoms with Crippen LogP contribution >= 0.6 is 31.9 Å². The van der Waals surface area contributed by atoms with Crippen molar-refractivity contribution in [2.24, 2.45) is 11.8 Å². The highest BCUT2D eigenvalue weighted by molar-refractivity contribution is 9.11. The lowest BCUT2D eigenvalue weighted by atomic mass is 9.91. The van der Waals surface area contributed by atoms with Gasteiger partial charge in [0, 0.05) is 62.8 Å². The third-order valence-corrected chi connectivity index (χ3v) is 12.4. The average molecular weight is 878 g/mol. The number of amides is 4. The van der Waals surface area contributed by atoms with Crippen LogP contribution < -0.4 is 5.32 Å². The normalized spacial score (nSPS) is 19.5. The van der Waals surface area contributed by atoms with E-state index in [1.807, 2.05) is 54.0 Å². The fourth-order valence-electron chi connectivity index (χ4n) is 8.14. The number of aromatic hydroxyl groups is 1. The molecule has 12 nitrogen and oxygen atoms in total. The van der Waals surface area contributed by atoms with E-state index in [1.54, 1.807) is 4.90 Å². The van der Waals surface area contributed by atoms with Crippen LogP contribution in [0.5, 0.6) is 5.75 Å². The first-order chi connectivity index (χ1) is 26.0. The first-order valence-corrected chi connectivity index (χ1v) is 20.9. The number of benzene rings is 2. The molecule has 2 N–H and O–H groups in total. The van der Waals surface area contributed by atoms with Crippen molar-refractivity contribution < 1.29 is 33.8 Å². The molecule has 3 fully saturated rings. The van der Waals surface area contributed by atoms with Crippen LogP contribution in [-0.4, -0.2) is 120 Å². The van der Waals surface area contributed by atoms with Gasteiger partial charge in [-0.05, 0) is 138 Å². The molecule has 0 radical (unpaired) electrons. The molecule has 0 aliphatic carbocycles. The fourth-order valence-corrected chi connectivity index (χ4v) is 9.43. The van der Waals surface area contributed by atoms with Crippen molar-refractivity contribution in [2.75, 3.05) is 64.8 Å². The molecule has 0 bridgehead atoms. The molecule has 2 aromatic carbocycles. The maximum atomic E-state index is 13.0. The molecule has 2 aromatic rings. The number of phenolic OH excluding ortho intramolecular Hbond substituents is 1. The first kappa shape index (κ1) is 41.8. The maximum Gasteiger partial charge on any atom is 0.409 e. The summed E-state index contributed by atoms with van der Waals surface area (Å²) in [5.74, 6) is 0.650. The molecule has 3 saturated heterocycles. The number of nitrogens with zero attached hydrogens (tertiary/aromatic N) is 4. The molecular weight excluding hydrogens is 822 g/mol. The lowest BCUT2D eigenvalue weighted by Crippen LogP contribution is -2.50. The van der Waals surface area contributed by atoms with Gasteiger partial charge in [-0.1, -0.05) is 25.1 Å². The average Bonchev–Trinajstić information content (AvgIpc) is 3.35. The van der Waals surface area contributed by atoms with E-state index in [9.17, 15) is 24.3 Å². The number of nitrogens with one attached hydrogen (secondary N) is 1. The lowest BCUT2D eigenvalue weighted by molar-refractivity contribution is -0.144. The SMILES string of the molecule is CCOC(=O)CC1CCN(C2CCN(C(=O)[C@H](C)Cc3cc(Br)c(O)c(Br)c3)CC2)CC1.COC(=O)N1CCC(N2CCc3ccccc3NC2=O)CC1. The van der Waals surface area contributed by atoms with Gasteiger partial charge in [0.15, 0.2) is 0 Å². The van der Waals surface area contributed by atoms with Crippen molar-refractivity contribution in [3.63, 3.8) is 0 Å². The highest BCUT2D eigenvalue weighted by atomic mass is 79.9. The molecule has 0 spiro atoms. The van der Waals surface area contributed by atoms with Gasteiger partial charge in [-0.2, -0.15) is 0 Å². The molecule has 4 amide bonds. The van der Waals surface area contributed by atoms with Gasteiger partial charge in [0.1, 0.15) is 5.75 Å². The summed E-state index contributed by atoms with van der Waals surface area (Å²) in [6.07, 6.45) is 7.45. The summed E-state index contributed by atoms with van der Waals surface area (Å²) in [5.41, 5.74) is 3.09. The van der Waals surface area contributed by atoms with Crippen molar-refractivity contribution in [3.8, 4) is 5.75 Å². The Bertz CT molecular complexity index is 1580. The Morgan fingerprint density at radius 2 is 1.50 bits per heavy atom. The van der Waals surface area contributed by atoms with E-state index in [-0.39, 0.29) is 41.7 Å². The Kier molecular flexibility index (Phi) is 15.5. The van der Waals surface area contributed by atoms with E-state index in [1.165, 1.54) is 12.7 Å². The van der Waals surface area contributed by atoms with Gasteiger partial charge in [0.05, 0.1) is 22.7 Å². The molecule has 1 atom stereocenters. The predicted octanol–water partition coefficient (Wildman–Crippen LogP) is 7.06. The number of carbonyl (C=O) groups excluding carboxylic acids is 4. The number of methoxy groups -OCH3 is 1. The number of rotatable bonds is 8. The van der Waals surface area contributed by atoms with E-state index < -0.39 is 0 Å². The molecule has 0 unspecified atom stereocenters. The number of anilines is 1. The van der Waals surface area contributed by atoms with Gasteiger partial charge in [-0.15, -0.1) is 0 Å². The second-order valence-electron chi connectivity index (χ2n) is 14.8. The number of piperidine rings is 3. The van der Waals surface area contributed by atoms with E-state index in [4.69, 9.17) is 9.47 Å². The van der Waals surface area contributed by atoms with E-state index in [0.29, 0.717) is 60.0 Å². The summed E-state index contributed by atoms with van der Waals surface area (Å²) in [7, 11) is 1.40. The smallest absolute Gasteiger partial charge is 0.409 e. The zero-order chi connectivity index (χ0) is 38.8. The Labute approximate surface area is 336 Å². The molecule has 4 aliphatic rings. The molecular formula is C40H55Br2N5O7. The minimum Gasteiger partial charge on any atom is -0.506 e. The lowest BCUT2D eigenvalue weighted by Gasteiger charge is -2.42. The Balaban J connectivity index is 0.000000222. The molecule has 0 saturated carbocycles. The number of halogens is 2. The van der Waals surface area contributed by atoms with Gasteiger partial charge < -0.3 is 39.5 Å². The molecule has 6 rings (SSSR count). The van der Waals surface area contributed by atoms with Crippen molar-refractivity contribution in [1.82, 2.24) is 19.6 Å². The summed E-state index contributed by atoms with van der Waals surface area (Å²) in [6, 6.07) is 12.3. The number of hydrogen-bond acceptors (Lipinski definition) is 8. The third kappa shape index (κ3) is 11.1. The highest BCUT2D eigenvalue weighted by Gasteiger charge is 2.33. The summed E-state index contributed by atoms with van der Waals surface area (Å²) in [4.78, 5) is 56.9. The summed E-state index contributed by atoms with van der Waals surface area (Å²) in [5, 5.41) is 12.9. The number of ether oxygens (including phenoxy) is 2. The number of urea groups is 1. The molecule has 4 heterocycles. The zero-order valence-corrected chi connectivity index (χ0v) is 34.9. The third-order valence-electron chi connectivity index (χ3n) is 11.2. The minimum absolute atomic E-state index is 0.0403. The maximum absolute atomic E-state index is 13.0. The van der Waals surface area contributed by atoms with Crippen LogP contribution in [0.3, 0.4) is 0 Å². The summed E-state index contributed by atoms with van der Waals surface area (Å²) in [6.45, 7) is 9.94. The van der Waals surface area contributed by atoms with Crippen molar-refractivity contribution in [2.45, 2.75) is 83.7 Å². The molecule has 54 heavy (non-hydrogen) atoms. The van der Waals surface area contributed by atoms with Gasteiger partial charge in [0.25, 0.3) is 0 Å². The van der Waals surface area contributed by atoms with Gasteiger partial charge >= 0.3 is 18.1 Å². The number of esters is 1. The topological polar surface area (TPSA) is 132 Å². The van der Waals surface area contributed by atoms with Crippen LogP contribution in [0.4, 0.5) is 15.3 Å². The monoisotopic (exact) mass is 875 g/mol. The predicted molar refractivity (Wildman–Crippen MR) is 214 cm³/mol. The fraction of sp³-hybridized carbons (Fsp3) is 0.600. The summed E-state index contributed by atoms with van der Waals surface area (Å²) < 4.78 is 11.1. The minimum atomic E-state index is -0.286. The Morgan fingerprint density at radius 3 is 2.13 bits per heavy atom. The van der Waals surface area contributed by atoms with Crippen molar-refractivity contribution >= 4 is 61.5 Å². The number of phenols is 1. The molecule has 0 aromatic heterocycles. The zero-order valence-electron chi connectivity index (χ0n) is 31.7. The van der Waals surface area contributed by atoms with Gasteiger partial charge in [0.2, 0.25) is 5.91 Å². The highest BCUT2D eigenvalue weighted by Crippen LogP contribution is 2.34. The number of fused-ring (bicyclic) bond motifs is 1. The number of carbonyl (C=O) groups is 4. The second kappa shape index (κ2) is 20.0. The van der Waals surface area contributed by atoms with Gasteiger partial charge in [-0.3, -0.25) is 9.59 Å². The first-order valence-electron chi connectivity index (χ1n) is 19.3. The summed E-state index contributed by atoms with van der Waals surface area (Å²) >= 11 is 6.73. The van der Waals surface area contributed by atoms with Crippen LogP contribution in [0.2, 0.25) is 0 Å². The van der Waals surface area contributed by atoms with Crippen LogP contribution in [-0.2, 0) is 31.9 Å². The van der Waals surface area contributed by atoms with Crippen LogP contribution in [0.1, 0.15) is 69.9 Å². The van der Waals surface area contributed by atoms with E-state index in [2.05, 4.69) is 48.1 Å². The van der Waals surface area contributed by atoms with E-state index in [0.717, 1.165) is 82.4 Å². The standard InChI is InChI=1S/C24H34Br2N2O4.C16H21N3O3/c1-3-32-22(29)15-17-4-8-27(9-5-17)19-6-10-28(11-7-19)24(31)16(2)12-18-13-20(25)23(30)21(26)14-18;1-22-16(21)18-9-7-13(8-10-18)19-11-6-12-4-2-3-5-14(12)17-15(19)20/h13-14,16-17,19,30H,3-12,15H2,1-2H3;2-5,13H,6-11H2,1H3,(H,17,20)/t16-;/m1./s1. The molecule has 296 valence electrons. The van der Waals surface area contributed by atoms with Crippen LogP contribution in [0.15, 0.2) is 45.3 Å². The number of para-hydroxylation sites is 1. The quantitative estimate of drug-likeness (QED) is 0.270. The van der Waals surface area contributed by atoms with Crippen molar-refractivity contribution in [3.05, 3.63) is 56.5 Å².